The Kier molecular flexibility index (Phi) is 5.49. The van der Waals surface area contributed by atoms with Crippen LogP contribution < -0.4 is 5.32 Å². The Labute approximate surface area is 123 Å². The number of rotatable bonds is 5. The van der Waals surface area contributed by atoms with Gasteiger partial charge >= 0.3 is 0 Å². The van der Waals surface area contributed by atoms with Crippen LogP contribution in [0.3, 0.4) is 0 Å². The molecule has 4 heteroatoms. The molecule has 0 bridgehead atoms. The van der Waals surface area contributed by atoms with Gasteiger partial charge in [0.25, 0.3) is 0 Å². The molecule has 1 aliphatic heterocycles. The quantitative estimate of drug-likeness (QED) is 0.885. The van der Waals surface area contributed by atoms with Crippen LogP contribution in [0.25, 0.3) is 0 Å². The maximum absolute atomic E-state index is 6.02. The van der Waals surface area contributed by atoms with E-state index in [-0.39, 0.29) is 0 Å². The van der Waals surface area contributed by atoms with Gasteiger partial charge in [-0.05, 0) is 59.6 Å². The topological polar surface area (TPSA) is 15.3 Å². The summed E-state index contributed by atoms with van der Waals surface area (Å²) in [5.41, 5.74) is 1.31. The van der Waals surface area contributed by atoms with Gasteiger partial charge in [0.2, 0.25) is 0 Å². The zero-order valence-corrected chi connectivity index (χ0v) is 13.1. The summed E-state index contributed by atoms with van der Waals surface area (Å²) in [6.07, 6.45) is 2.62. The predicted molar refractivity (Wildman–Crippen MR) is 81.1 cm³/mol. The maximum Gasteiger partial charge on any atom is 0.0548 e. The van der Waals surface area contributed by atoms with Crippen molar-refractivity contribution in [2.24, 2.45) is 0 Å². The summed E-state index contributed by atoms with van der Waals surface area (Å²) >= 11 is 9.50. The van der Waals surface area contributed by atoms with Crippen molar-refractivity contribution in [2.75, 3.05) is 19.6 Å². The van der Waals surface area contributed by atoms with Gasteiger partial charge in [-0.2, -0.15) is 0 Å². The number of nitrogens with zero attached hydrogens (tertiary/aromatic N) is 1. The Morgan fingerprint density at radius 1 is 1.50 bits per heavy atom. The summed E-state index contributed by atoms with van der Waals surface area (Å²) in [6, 6.07) is 6.86. The molecule has 1 N–H and O–H groups in total. The zero-order valence-electron chi connectivity index (χ0n) is 10.8. The summed E-state index contributed by atoms with van der Waals surface area (Å²) in [6.45, 7) is 6.61. The van der Waals surface area contributed by atoms with Crippen LogP contribution >= 0.6 is 27.5 Å². The average molecular weight is 332 g/mol. The van der Waals surface area contributed by atoms with Gasteiger partial charge in [-0.25, -0.2) is 0 Å². The summed E-state index contributed by atoms with van der Waals surface area (Å²) in [7, 11) is 0. The molecule has 1 heterocycles. The second kappa shape index (κ2) is 6.90. The summed E-state index contributed by atoms with van der Waals surface area (Å²) in [5, 5.41) is 4.33. The highest BCUT2D eigenvalue weighted by molar-refractivity contribution is 9.10. The van der Waals surface area contributed by atoms with Crippen LogP contribution in [-0.4, -0.2) is 30.6 Å². The van der Waals surface area contributed by atoms with Gasteiger partial charge < -0.3 is 5.32 Å². The van der Waals surface area contributed by atoms with Crippen LogP contribution in [0.1, 0.15) is 25.3 Å². The standard InChI is InChI=1S/C14H20BrClN2/c1-2-18(10-12-4-3-7-17-12)9-11-5-6-14(16)13(15)8-11/h5-6,8,12,17H,2-4,7,9-10H2,1H3. The molecule has 2 rings (SSSR count). The Morgan fingerprint density at radius 2 is 2.33 bits per heavy atom. The number of nitrogens with one attached hydrogen (secondary N) is 1. The van der Waals surface area contributed by atoms with E-state index in [0.29, 0.717) is 6.04 Å². The average Bonchev–Trinajstić information content (AvgIpc) is 2.86. The SMILES string of the molecule is CCN(Cc1ccc(Cl)c(Br)c1)CC1CCCN1. The van der Waals surface area contributed by atoms with E-state index in [2.05, 4.69) is 45.2 Å². The smallest absolute Gasteiger partial charge is 0.0548 e. The molecule has 2 nitrogen and oxygen atoms in total. The second-order valence-electron chi connectivity index (χ2n) is 4.87. The highest BCUT2D eigenvalue weighted by Crippen LogP contribution is 2.24. The van der Waals surface area contributed by atoms with E-state index >= 15 is 0 Å². The first-order valence-corrected chi connectivity index (χ1v) is 7.76. The third-order valence-corrected chi connectivity index (χ3v) is 4.69. The first kappa shape index (κ1) is 14.3. The molecule has 0 amide bonds. The molecule has 1 fully saturated rings. The van der Waals surface area contributed by atoms with Gasteiger partial charge in [0, 0.05) is 23.6 Å². The number of hydrogen-bond donors (Lipinski definition) is 1. The van der Waals surface area contributed by atoms with Crippen molar-refractivity contribution < 1.29 is 0 Å². The second-order valence-corrected chi connectivity index (χ2v) is 6.13. The molecular formula is C14H20BrClN2. The zero-order chi connectivity index (χ0) is 13.0. The van der Waals surface area contributed by atoms with Gasteiger partial charge in [-0.1, -0.05) is 24.6 Å². The van der Waals surface area contributed by atoms with E-state index in [9.17, 15) is 0 Å². The van der Waals surface area contributed by atoms with Gasteiger partial charge in [0.05, 0.1) is 5.02 Å². The lowest BCUT2D eigenvalue weighted by Gasteiger charge is -2.24. The Morgan fingerprint density at radius 3 is 2.94 bits per heavy atom. The first-order chi connectivity index (χ1) is 8.69. The molecule has 100 valence electrons. The fourth-order valence-electron chi connectivity index (χ4n) is 2.43. The van der Waals surface area contributed by atoms with Crippen LogP contribution in [0.4, 0.5) is 0 Å². The van der Waals surface area contributed by atoms with E-state index < -0.39 is 0 Å². The van der Waals surface area contributed by atoms with E-state index in [1.165, 1.54) is 24.9 Å². The van der Waals surface area contributed by atoms with Crippen LogP contribution in [0.5, 0.6) is 0 Å². The molecule has 1 aromatic rings. The van der Waals surface area contributed by atoms with Crippen molar-refractivity contribution >= 4 is 27.5 Å². The molecular weight excluding hydrogens is 312 g/mol. The van der Waals surface area contributed by atoms with Gasteiger partial charge in [0.1, 0.15) is 0 Å². The Hall–Kier alpha value is -0.0900. The van der Waals surface area contributed by atoms with Crippen LogP contribution in [0.15, 0.2) is 22.7 Å². The molecule has 1 saturated heterocycles. The molecule has 0 saturated carbocycles. The number of hydrogen-bond acceptors (Lipinski definition) is 2. The van der Waals surface area contributed by atoms with Crippen LogP contribution in [0, 0.1) is 0 Å². The van der Waals surface area contributed by atoms with Crippen LogP contribution in [-0.2, 0) is 6.54 Å². The van der Waals surface area contributed by atoms with Gasteiger partial charge in [0.15, 0.2) is 0 Å². The molecule has 1 unspecified atom stereocenters. The fourth-order valence-corrected chi connectivity index (χ4v) is 2.97. The van der Waals surface area contributed by atoms with E-state index in [4.69, 9.17) is 11.6 Å². The highest BCUT2D eigenvalue weighted by Gasteiger charge is 2.17. The Bertz CT molecular complexity index is 391. The molecule has 0 spiro atoms. The lowest BCUT2D eigenvalue weighted by molar-refractivity contribution is 0.253. The van der Waals surface area contributed by atoms with E-state index in [1.807, 2.05) is 6.07 Å². The van der Waals surface area contributed by atoms with Crippen LogP contribution in [0.2, 0.25) is 5.02 Å². The van der Waals surface area contributed by atoms with Crippen molar-refractivity contribution in [2.45, 2.75) is 32.4 Å². The number of benzene rings is 1. The number of likely N-dealkylation sites (N-methyl/N-ethyl adjacent to an activating group) is 1. The van der Waals surface area contributed by atoms with Gasteiger partial charge in [-0.3, -0.25) is 4.90 Å². The molecule has 0 aliphatic carbocycles. The van der Waals surface area contributed by atoms with Gasteiger partial charge in [-0.15, -0.1) is 0 Å². The summed E-state index contributed by atoms with van der Waals surface area (Å²) in [5.74, 6) is 0. The molecule has 1 aromatic carbocycles. The molecule has 1 atom stereocenters. The minimum absolute atomic E-state index is 0.667. The molecule has 1 aliphatic rings. The predicted octanol–water partition coefficient (Wildman–Crippen LogP) is 3.68. The third kappa shape index (κ3) is 3.95. The van der Waals surface area contributed by atoms with Crippen molar-refractivity contribution in [3.63, 3.8) is 0 Å². The lowest BCUT2D eigenvalue weighted by atomic mass is 10.1. The minimum atomic E-state index is 0.667. The Balaban J connectivity index is 1.94. The van der Waals surface area contributed by atoms with Crippen molar-refractivity contribution in [1.29, 1.82) is 0 Å². The fraction of sp³-hybridized carbons (Fsp3) is 0.571. The molecule has 0 aromatic heterocycles. The first-order valence-electron chi connectivity index (χ1n) is 6.58. The largest absolute Gasteiger partial charge is 0.313 e. The highest BCUT2D eigenvalue weighted by atomic mass is 79.9. The maximum atomic E-state index is 6.02. The normalized spacial score (nSPS) is 19.7. The molecule has 18 heavy (non-hydrogen) atoms. The van der Waals surface area contributed by atoms with Crippen molar-refractivity contribution in [3.05, 3.63) is 33.3 Å². The van der Waals surface area contributed by atoms with E-state index in [0.717, 1.165) is 29.1 Å². The lowest BCUT2D eigenvalue weighted by Crippen LogP contribution is -2.37. The summed E-state index contributed by atoms with van der Waals surface area (Å²) in [4.78, 5) is 2.48. The minimum Gasteiger partial charge on any atom is -0.313 e. The number of halogens is 2. The van der Waals surface area contributed by atoms with E-state index in [1.54, 1.807) is 0 Å². The third-order valence-electron chi connectivity index (χ3n) is 3.48. The monoisotopic (exact) mass is 330 g/mol. The summed E-state index contributed by atoms with van der Waals surface area (Å²) < 4.78 is 0.983. The van der Waals surface area contributed by atoms with Crippen molar-refractivity contribution in [3.8, 4) is 0 Å². The molecule has 0 radical (unpaired) electrons. The van der Waals surface area contributed by atoms with Crippen molar-refractivity contribution in [1.82, 2.24) is 10.2 Å².